The molecule has 0 radical (unpaired) electrons. The van der Waals surface area contributed by atoms with Gasteiger partial charge in [0.1, 0.15) is 35.8 Å². The molecule has 2 atom stereocenters. The number of phenols is 1. The molecule has 2 unspecified atom stereocenters. The average Bonchev–Trinajstić information content (AvgIpc) is 3.30. The molecule has 34 heavy (non-hydrogen) atoms. The topological polar surface area (TPSA) is 89.1 Å². The first kappa shape index (κ1) is 23.5. The monoisotopic (exact) mass is 466 g/mol. The summed E-state index contributed by atoms with van der Waals surface area (Å²) < 4.78 is 30.7. The van der Waals surface area contributed by atoms with Crippen molar-refractivity contribution in [1.29, 1.82) is 0 Å². The fourth-order valence-electron chi connectivity index (χ4n) is 3.64. The second-order valence-corrected chi connectivity index (χ2v) is 7.92. The Morgan fingerprint density at radius 2 is 1.85 bits per heavy atom. The van der Waals surface area contributed by atoms with Crippen molar-refractivity contribution in [3.63, 3.8) is 0 Å². The van der Waals surface area contributed by atoms with Gasteiger partial charge in [-0.3, -0.25) is 5.43 Å². The van der Waals surface area contributed by atoms with E-state index in [0.29, 0.717) is 41.3 Å². The van der Waals surface area contributed by atoms with Gasteiger partial charge in [0, 0.05) is 23.7 Å². The Hall–Kier alpha value is -3.62. The molecule has 7 nitrogen and oxygen atoms in total. The Kier molecular flexibility index (Phi) is 7.61. The second kappa shape index (κ2) is 11.0. The number of esters is 1. The Bertz CT molecular complexity index is 1120. The number of benzene rings is 3. The van der Waals surface area contributed by atoms with Crippen molar-refractivity contribution in [1.82, 2.24) is 10.9 Å². The molecular formula is C26H27FN2O5. The average molecular weight is 467 g/mol. The van der Waals surface area contributed by atoms with Crippen molar-refractivity contribution in [2.45, 2.75) is 32.1 Å². The van der Waals surface area contributed by atoms with Gasteiger partial charge in [-0.1, -0.05) is 25.1 Å². The lowest BCUT2D eigenvalue weighted by Crippen LogP contribution is -2.28. The summed E-state index contributed by atoms with van der Waals surface area (Å²) in [5.41, 5.74) is 7.71. The molecule has 1 aliphatic rings. The van der Waals surface area contributed by atoms with Crippen molar-refractivity contribution >= 4 is 5.97 Å². The van der Waals surface area contributed by atoms with Crippen LogP contribution in [0.15, 0.2) is 66.7 Å². The highest BCUT2D eigenvalue weighted by Gasteiger charge is 2.32. The number of phenolic OH excluding ortho intramolecular Hbond substituents is 1. The molecular weight excluding hydrogens is 439 g/mol. The molecule has 1 aliphatic heterocycles. The van der Waals surface area contributed by atoms with Gasteiger partial charge in [-0.05, 0) is 48.9 Å². The molecule has 3 N–H and O–H groups in total. The van der Waals surface area contributed by atoms with E-state index in [1.54, 1.807) is 54.6 Å². The lowest BCUT2D eigenvalue weighted by molar-refractivity contribution is 0.0505. The molecule has 4 rings (SSSR count). The standard InChI is InChI=1S/C26H27FN2O5/c1-2-13-32-26(31)17-7-9-19(10-8-17)34-24-15-28-29-25(24)21-12-11-20(14-23(21)30)33-16-18-5-3-4-6-22(18)27/h3-12,14,24-25,28-30H,2,13,15-16H2,1H3. The molecule has 0 aromatic heterocycles. The van der Waals surface area contributed by atoms with Crippen LogP contribution in [-0.2, 0) is 11.3 Å². The maximum Gasteiger partial charge on any atom is 0.338 e. The summed E-state index contributed by atoms with van der Waals surface area (Å²) in [6, 6.07) is 17.8. The van der Waals surface area contributed by atoms with Crippen molar-refractivity contribution in [2.75, 3.05) is 13.2 Å². The maximum absolute atomic E-state index is 13.8. The zero-order valence-electron chi connectivity index (χ0n) is 18.8. The van der Waals surface area contributed by atoms with Crippen molar-refractivity contribution in [3.05, 3.63) is 89.2 Å². The Morgan fingerprint density at radius 3 is 2.59 bits per heavy atom. The molecule has 0 saturated carbocycles. The van der Waals surface area contributed by atoms with E-state index >= 15 is 0 Å². The van der Waals surface area contributed by atoms with E-state index in [2.05, 4.69) is 10.9 Å². The van der Waals surface area contributed by atoms with E-state index in [-0.39, 0.29) is 36.3 Å². The molecule has 0 amide bonds. The van der Waals surface area contributed by atoms with Crippen LogP contribution in [0, 0.1) is 5.82 Å². The molecule has 0 bridgehead atoms. The van der Waals surface area contributed by atoms with E-state index in [1.807, 2.05) is 6.92 Å². The third kappa shape index (κ3) is 5.65. The summed E-state index contributed by atoms with van der Waals surface area (Å²) in [6.07, 6.45) is 0.454. The quantitative estimate of drug-likeness (QED) is 0.406. The van der Waals surface area contributed by atoms with E-state index in [9.17, 15) is 14.3 Å². The van der Waals surface area contributed by atoms with E-state index in [1.165, 1.54) is 12.1 Å². The number of hydrazine groups is 1. The molecule has 3 aromatic rings. The molecule has 0 spiro atoms. The summed E-state index contributed by atoms with van der Waals surface area (Å²) in [7, 11) is 0. The number of hydrogen-bond donors (Lipinski definition) is 3. The Balaban J connectivity index is 1.39. The summed E-state index contributed by atoms with van der Waals surface area (Å²) in [4.78, 5) is 12.0. The van der Waals surface area contributed by atoms with Gasteiger partial charge in [0.25, 0.3) is 0 Å². The molecule has 3 aromatic carbocycles. The number of ether oxygens (including phenoxy) is 3. The highest BCUT2D eigenvalue weighted by atomic mass is 19.1. The summed E-state index contributed by atoms with van der Waals surface area (Å²) in [6.45, 7) is 2.89. The highest BCUT2D eigenvalue weighted by Crippen LogP contribution is 2.33. The van der Waals surface area contributed by atoms with Crippen LogP contribution < -0.4 is 20.3 Å². The number of aromatic hydroxyl groups is 1. The molecule has 0 aliphatic carbocycles. The van der Waals surface area contributed by atoms with Crippen molar-refractivity contribution in [3.8, 4) is 17.2 Å². The SMILES string of the molecule is CCCOC(=O)c1ccc(OC2CNNC2c2ccc(OCc3ccccc3F)cc2O)cc1. The Labute approximate surface area is 197 Å². The number of rotatable bonds is 9. The van der Waals surface area contributed by atoms with E-state index in [0.717, 1.165) is 6.42 Å². The molecule has 178 valence electrons. The number of carbonyl (C=O) groups excluding carboxylic acids is 1. The van der Waals surface area contributed by atoms with Crippen LogP contribution in [0.5, 0.6) is 17.2 Å². The van der Waals surface area contributed by atoms with Gasteiger partial charge in [-0.15, -0.1) is 0 Å². The van der Waals surface area contributed by atoms with Gasteiger partial charge in [-0.25, -0.2) is 14.6 Å². The first-order chi connectivity index (χ1) is 16.5. The van der Waals surface area contributed by atoms with Crippen LogP contribution in [0.1, 0.15) is 40.9 Å². The minimum absolute atomic E-state index is 0.0369. The fraction of sp³-hybridized carbons (Fsp3) is 0.269. The van der Waals surface area contributed by atoms with Gasteiger partial charge >= 0.3 is 5.97 Å². The van der Waals surface area contributed by atoms with Gasteiger partial charge < -0.3 is 19.3 Å². The number of carbonyl (C=O) groups is 1. The van der Waals surface area contributed by atoms with Crippen molar-refractivity contribution in [2.24, 2.45) is 0 Å². The third-order valence-corrected chi connectivity index (χ3v) is 5.44. The van der Waals surface area contributed by atoms with Gasteiger partial charge in [0.2, 0.25) is 0 Å². The minimum Gasteiger partial charge on any atom is -0.507 e. The molecule has 8 heteroatoms. The highest BCUT2D eigenvalue weighted by molar-refractivity contribution is 5.89. The second-order valence-electron chi connectivity index (χ2n) is 7.92. The first-order valence-electron chi connectivity index (χ1n) is 11.2. The van der Waals surface area contributed by atoms with Gasteiger partial charge in [0.05, 0.1) is 18.2 Å². The van der Waals surface area contributed by atoms with Gasteiger partial charge in [-0.2, -0.15) is 0 Å². The van der Waals surface area contributed by atoms with Crippen LogP contribution in [0.3, 0.4) is 0 Å². The maximum atomic E-state index is 13.8. The van der Waals surface area contributed by atoms with Gasteiger partial charge in [0.15, 0.2) is 0 Å². The third-order valence-electron chi connectivity index (χ3n) is 5.44. The number of hydrogen-bond acceptors (Lipinski definition) is 7. The molecule has 1 heterocycles. The smallest absolute Gasteiger partial charge is 0.338 e. The van der Waals surface area contributed by atoms with E-state index < -0.39 is 0 Å². The summed E-state index contributed by atoms with van der Waals surface area (Å²) >= 11 is 0. The lowest BCUT2D eigenvalue weighted by atomic mass is 10.0. The predicted molar refractivity (Wildman–Crippen MR) is 124 cm³/mol. The van der Waals surface area contributed by atoms with Crippen molar-refractivity contribution < 1.29 is 28.5 Å². The lowest BCUT2D eigenvalue weighted by Gasteiger charge is -2.21. The summed E-state index contributed by atoms with van der Waals surface area (Å²) in [5.74, 6) is 0.360. The minimum atomic E-state index is -0.363. The van der Waals surface area contributed by atoms with Crippen LogP contribution in [0.25, 0.3) is 0 Å². The van der Waals surface area contributed by atoms with Crippen LogP contribution in [-0.4, -0.2) is 30.3 Å². The largest absolute Gasteiger partial charge is 0.507 e. The Morgan fingerprint density at radius 1 is 1.09 bits per heavy atom. The normalized spacial score (nSPS) is 17.4. The zero-order chi connectivity index (χ0) is 23.9. The fourth-order valence-corrected chi connectivity index (χ4v) is 3.64. The van der Waals surface area contributed by atoms with Crippen LogP contribution >= 0.6 is 0 Å². The van der Waals surface area contributed by atoms with E-state index in [4.69, 9.17) is 14.2 Å². The first-order valence-corrected chi connectivity index (χ1v) is 11.2. The molecule has 1 fully saturated rings. The van der Waals surface area contributed by atoms with Crippen LogP contribution in [0.2, 0.25) is 0 Å². The number of halogens is 1. The molecule has 1 saturated heterocycles. The summed E-state index contributed by atoms with van der Waals surface area (Å²) in [5, 5.41) is 10.6. The predicted octanol–water partition coefficient (Wildman–Crippen LogP) is 4.27. The number of nitrogens with one attached hydrogen (secondary N) is 2. The zero-order valence-corrected chi connectivity index (χ0v) is 18.8. The van der Waals surface area contributed by atoms with Crippen LogP contribution in [0.4, 0.5) is 4.39 Å².